The Kier molecular flexibility index (Phi) is 3.29. The molecule has 0 spiro atoms. The molecule has 3 heteroatoms. The van der Waals surface area contributed by atoms with E-state index in [1.54, 1.807) is 0 Å². The van der Waals surface area contributed by atoms with E-state index in [4.69, 9.17) is 4.74 Å². The lowest BCUT2D eigenvalue weighted by atomic mass is 10.0. The fraction of sp³-hybridized carbons (Fsp3) is 0.571. The molecule has 2 heterocycles. The Hall–Kier alpha value is -1.06. The van der Waals surface area contributed by atoms with Crippen LogP contribution in [0.1, 0.15) is 30.7 Å². The minimum Gasteiger partial charge on any atom is -0.493 e. The SMILES string of the molecule is c1ccc2c(c1)OCC2CNN1CCCCC1. The van der Waals surface area contributed by atoms with Gasteiger partial charge in [0, 0.05) is 31.1 Å². The quantitative estimate of drug-likeness (QED) is 0.864. The van der Waals surface area contributed by atoms with Crippen LogP contribution in [0.25, 0.3) is 0 Å². The number of fused-ring (bicyclic) bond motifs is 1. The number of ether oxygens (including phenoxy) is 1. The van der Waals surface area contributed by atoms with Crippen LogP contribution in [0.3, 0.4) is 0 Å². The summed E-state index contributed by atoms with van der Waals surface area (Å²) in [5, 5.41) is 2.37. The Balaban J connectivity index is 1.56. The maximum atomic E-state index is 5.69. The molecule has 1 unspecified atom stereocenters. The average Bonchev–Trinajstić information content (AvgIpc) is 2.81. The van der Waals surface area contributed by atoms with Gasteiger partial charge < -0.3 is 4.74 Å². The van der Waals surface area contributed by atoms with E-state index in [0.717, 1.165) is 18.9 Å². The van der Waals surface area contributed by atoms with Crippen molar-refractivity contribution in [2.45, 2.75) is 25.2 Å². The van der Waals surface area contributed by atoms with Crippen LogP contribution in [0.2, 0.25) is 0 Å². The number of piperidine rings is 1. The summed E-state index contributed by atoms with van der Waals surface area (Å²) in [5.74, 6) is 1.58. The zero-order chi connectivity index (χ0) is 11.5. The molecule has 1 saturated heterocycles. The van der Waals surface area contributed by atoms with E-state index in [0.29, 0.717) is 5.92 Å². The van der Waals surface area contributed by atoms with Crippen LogP contribution in [0.5, 0.6) is 5.75 Å². The molecular weight excluding hydrogens is 212 g/mol. The van der Waals surface area contributed by atoms with Crippen molar-refractivity contribution in [3.63, 3.8) is 0 Å². The molecule has 17 heavy (non-hydrogen) atoms. The van der Waals surface area contributed by atoms with Gasteiger partial charge in [0.05, 0.1) is 6.61 Å². The number of hydrazine groups is 1. The summed E-state index contributed by atoms with van der Waals surface area (Å²) >= 11 is 0. The van der Waals surface area contributed by atoms with Gasteiger partial charge in [-0.15, -0.1) is 0 Å². The summed E-state index contributed by atoms with van der Waals surface area (Å²) in [7, 11) is 0. The predicted molar refractivity (Wildman–Crippen MR) is 68.1 cm³/mol. The molecule has 1 fully saturated rings. The van der Waals surface area contributed by atoms with Gasteiger partial charge in [-0.3, -0.25) is 5.43 Å². The zero-order valence-electron chi connectivity index (χ0n) is 10.2. The van der Waals surface area contributed by atoms with Crippen molar-refractivity contribution in [1.29, 1.82) is 0 Å². The monoisotopic (exact) mass is 232 g/mol. The smallest absolute Gasteiger partial charge is 0.122 e. The average molecular weight is 232 g/mol. The standard InChI is InChI=1S/C14H20N2O/c1-4-8-16(9-5-1)15-10-12-11-17-14-7-3-2-6-13(12)14/h2-3,6-7,12,15H,1,4-5,8-11H2. The molecule has 0 amide bonds. The lowest BCUT2D eigenvalue weighted by molar-refractivity contribution is 0.147. The van der Waals surface area contributed by atoms with Crippen molar-refractivity contribution in [1.82, 2.24) is 10.4 Å². The van der Waals surface area contributed by atoms with Gasteiger partial charge in [0.2, 0.25) is 0 Å². The van der Waals surface area contributed by atoms with Crippen molar-refractivity contribution in [2.75, 3.05) is 26.2 Å². The number of benzene rings is 1. The first-order valence-corrected chi connectivity index (χ1v) is 6.63. The summed E-state index contributed by atoms with van der Waals surface area (Å²) in [6.45, 7) is 4.20. The first-order valence-electron chi connectivity index (χ1n) is 6.63. The molecule has 3 nitrogen and oxygen atoms in total. The van der Waals surface area contributed by atoms with E-state index in [-0.39, 0.29) is 0 Å². The predicted octanol–water partition coefficient (Wildman–Crippen LogP) is 2.15. The van der Waals surface area contributed by atoms with Gasteiger partial charge in [-0.05, 0) is 18.9 Å². The van der Waals surface area contributed by atoms with E-state index in [9.17, 15) is 0 Å². The maximum Gasteiger partial charge on any atom is 0.122 e. The first-order chi connectivity index (χ1) is 8.43. The van der Waals surface area contributed by atoms with E-state index in [1.165, 1.54) is 37.9 Å². The van der Waals surface area contributed by atoms with E-state index >= 15 is 0 Å². The van der Waals surface area contributed by atoms with E-state index in [2.05, 4.69) is 28.6 Å². The number of nitrogens with one attached hydrogen (secondary N) is 1. The number of rotatable bonds is 3. The second-order valence-corrected chi connectivity index (χ2v) is 4.96. The zero-order valence-corrected chi connectivity index (χ0v) is 10.2. The lowest BCUT2D eigenvalue weighted by Gasteiger charge is -2.28. The van der Waals surface area contributed by atoms with Crippen LogP contribution >= 0.6 is 0 Å². The molecule has 1 aromatic carbocycles. The number of nitrogens with zero attached hydrogens (tertiary/aromatic N) is 1. The van der Waals surface area contributed by atoms with Crippen LogP contribution < -0.4 is 10.2 Å². The minimum absolute atomic E-state index is 0.508. The van der Waals surface area contributed by atoms with E-state index < -0.39 is 0 Å². The van der Waals surface area contributed by atoms with Gasteiger partial charge in [-0.1, -0.05) is 24.6 Å². The minimum atomic E-state index is 0.508. The van der Waals surface area contributed by atoms with Gasteiger partial charge in [0.1, 0.15) is 5.75 Å². The van der Waals surface area contributed by atoms with Crippen molar-refractivity contribution >= 4 is 0 Å². The second kappa shape index (κ2) is 5.07. The topological polar surface area (TPSA) is 24.5 Å². The second-order valence-electron chi connectivity index (χ2n) is 4.96. The highest BCUT2D eigenvalue weighted by molar-refractivity contribution is 5.39. The maximum absolute atomic E-state index is 5.69. The van der Waals surface area contributed by atoms with Gasteiger partial charge in [-0.25, -0.2) is 5.01 Å². The molecule has 0 aromatic heterocycles. The Morgan fingerprint density at radius 2 is 2.00 bits per heavy atom. The molecule has 0 aliphatic carbocycles. The number of para-hydroxylation sites is 1. The van der Waals surface area contributed by atoms with Gasteiger partial charge in [-0.2, -0.15) is 0 Å². The summed E-state index contributed by atoms with van der Waals surface area (Å²) in [6, 6.07) is 8.39. The van der Waals surface area contributed by atoms with Crippen LogP contribution in [0.4, 0.5) is 0 Å². The van der Waals surface area contributed by atoms with Gasteiger partial charge >= 0.3 is 0 Å². The Morgan fingerprint density at radius 1 is 1.18 bits per heavy atom. The summed E-state index contributed by atoms with van der Waals surface area (Å²) in [4.78, 5) is 0. The Bertz CT molecular complexity index is 374. The molecule has 0 bridgehead atoms. The highest BCUT2D eigenvalue weighted by Gasteiger charge is 2.24. The molecule has 0 radical (unpaired) electrons. The van der Waals surface area contributed by atoms with Gasteiger partial charge in [0.15, 0.2) is 0 Å². The fourth-order valence-corrected chi connectivity index (χ4v) is 2.69. The Morgan fingerprint density at radius 3 is 2.88 bits per heavy atom. The fourth-order valence-electron chi connectivity index (χ4n) is 2.69. The summed E-state index contributed by atoms with van der Waals surface area (Å²) < 4.78 is 5.69. The molecular formula is C14H20N2O. The Labute approximate surface area is 103 Å². The first kappa shape index (κ1) is 11.1. The van der Waals surface area contributed by atoms with Crippen molar-refractivity contribution in [3.05, 3.63) is 29.8 Å². The largest absolute Gasteiger partial charge is 0.493 e. The molecule has 3 rings (SSSR count). The highest BCUT2D eigenvalue weighted by Crippen LogP contribution is 2.32. The van der Waals surface area contributed by atoms with Crippen molar-refractivity contribution < 1.29 is 4.74 Å². The third-order valence-corrected chi connectivity index (χ3v) is 3.72. The van der Waals surface area contributed by atoms with E-state index in [1.807, 2.05) is 6.07 Å². The third-order valence-electron chi connectivity index (χ3n) is 3.72. The van der Waals surface area contributed by atoms with Crippen LogP contribution in [-0.4, -0.2) is 31.3 Å². The molecule has 1 atom stereocenters. The molecule has 0 saturated carbocycles. The molecule has 2 aliphatic heterocycles. The molecule has 1 aromatic rings. The van der Waals surface area contributed by atoms with Crippen LogP contribution in [0, 0.1) is 0 Å². The summed E-state index contributed by atoms with van der Waals surface area (Å²) in [5.41, 5.74) is 4.92. The molecule has 92 valence electrons. The highest BCUT2D eigenvalue weighted by atomic mass is 16.5. The lowest BCUT2D eigenvalue weighted by Crippen LogP contribution is -2.43. The van der Waals surface area contributed by atoms with Crippen LogP contribution in [0.15, 0.2) is 24.3 Å². The molecule has 2 aliphatic rings. The van der Waals surface area contributed by atoms with Crippen LogP contribution in [-0.2, 0) is 0 Å². The van der Waals surface area contributed by atoms with Crippen molar-refractivity contribution in [3.8, 4) is 5.75 Å². The molecule has 1 N–H and O–H groups in total. The number of hydrogen-bond acceptors (Lipinski definition) is 3. The summed E-state index contributed by atoms with van der Waals surface area (Å²) in [6.07, 6.45) is 4.03. The normalized spacial score (nSPS) is 24.4. The van der Waals surface area contributed by atoms with Gasteiger partial charge in [0.25, 0.3) is 0 Å². The number of hydrogen-bond donors (Lipinski definition) is 1. The van der Waals surface area contributed by atoms with Crippen molar-refractivity contribution in [2.24, 2.45) is 0 Å². The third kappa shape index (κ3) is 2.45.